The fraction of sp³-hybridized carbons (Fsp3) is 0.208. The summed E-state index contributed by atoms with van der Waals surface area (Å²) in [5.74, 6) is -0.655. The fourth-order valence-corrected chi connectivity index (χ4v) is 3.69. The molecule has 0 bridgehead atoms. The van der Waals surface area contributed by atoms with Crippen molar-refractivity contribution in [3.63, 3.8) is 0 Å². The van der Waals surface area contributed by atoms with Gasteiger partial charge in [0.05, 0.1) is 12.1 Å². The zero-order valence-electron chi connectivity index (χ0n) is 19.3. The molecule has 0 saturated heterocycles. The van der Waals surface area contributed by atoms with Crippen LogP contribution in [0, 0.1) is 5.41 Å². The van der Waals surface area contributed by atoms with Gasteiger partial charge in [-0.05, 0) is 23.8 Å². The standard InChI is InChI=1S/C24H30N8O2/c1-3-31(2)30-20-13-32(12-14-4-6-15(7-5-14)24(28)29)22(19(23(20)34)11-21(27)33)16-8-17(25)10-18(26)9-16/h4-10,13,30H,3,11-12,25-26H2,1-2H3,(H2,27,33)(H3,28,29). The molecule has 2 aromatic carbocycles. The van der Waals surface area contributed by atoms with E-state index in [0.29, 0.717) is 47.0 Å². The monoisotopic (exact) mass is 462 g/mol. The Bertz CT molecular complexity index is 1260. The van der Waals surface area contributed by atoms with E-state index in [2.05, 4.69) is 5.43 Å². The molecule has 0 fully saturated rings. The number of carbonyl (C=O) groups is 1. The number of nitrogens with one attached hydrogen (secondary N) is 2. The molecule has 178 valence electrons. The molecule has 0 aliphatic rings. The smallest absolute Gasteiger partial charge is 0.222 e. The number of amidine groups is 1. The minimum absolute atomic E-state index is 0.0244. The maximum atomic E-state index is 13.4. The van der Waals surface area contributed by atoms with Gasteiger partial charge >= 0.3 is 0 Å². The van der Waals surface area contributed by atoms with Crippen LogP contribution in [-0.2, 0) is 17.8 Å². The van der Waals surface area contributed by atoms with Crippen molar-refractivity contribution in [2.75, 3.05) is 30.5 Å². The van der Waals surface area contributed by atoms with Crippen LogP contribution in [-0.4, -0.2) is 34.9 Å². The molecular formula is C24H30N8O2. The summed E-state index contributed by atoms with van der Waals surface area (Å²) in [4.78, 5) is 25.4. The van der Waals surface area contributed by atoms with Crippen LogP contribution >= 0.6 is 0 Å². The van der Waals surface area contributed by atoms with Crippen molar-refractivity contribution in [1.29, 1.82) is 5.41 Å². The average molecular weight is 463 g/mol. The summed E-state index contributed by atoms with van der Waals surface area (Å²) in [5.41, 5.74) is 29.9. The molecule has 0 unspecified atom stereocenters. The summed E-state index contributed by atoms with van der Waals surface area (Å²) in [5, 5.41) is 9.36. The summed E-state index contributed by atoms with van der Waals surface area (Å²) in [7, 11) is 1.81. The zero-order chi connectivity index (χ0) is 25.0. The lowest BCUT2D eigenvalue weighted by molar-refractivity contribution is -0.117. The highest BCUT2D eigenvalue weighted by molar-refractivity contribution is 5.94. The molecule has 1 amide bonds. The fourth-order valence-electron chi connectivity index (χ4n) is 3.69. The predicted molar refractivity (Wildman–Crippen MR) is 136 cm³/mol. The van der Waals surface area contributed by atoms with Gasteiger partial charge in [-0.3, -0.25) is 15.0 Å². The molecule has 0 aliphatic heterocycles. The number of pyridine rings is 1. The number of nitrogens with two attached hydrogens (primary N) is 4. The number of amides is 1. The van der Waals surface area contributed by atoms with Gasteiger partial charge in [0.15, 0.2) is 0 Å². The minimum atomic E-state index is -0.631. The highest BCUT2D eigenvalue weighted by Crippen LogP contribution is 2.29. The second-order valence-corrected chi connectivity index (χ2v) is 8.09. The molecule has 0 saturated carbocycles. The van der Waals surface area contributed by atoms with E-state index in [9.17, 15) is 9.59 Å². The molecule has 10 nitrogen and oxygen atoms in total. The number of aromatic nitrogens is 1. The molecule has 0 aliphatic carbocycles. The Labute approximate surface area is 197 Å². The molecule has 1 heterocycles. The summed E-state index contributed by atoms with van der Waals surface area (Å²) < 4.78 is 1.86. The van der Waals surface area contributed by atoms with Gasteiger partial charge in [0.25, 0.3) is 0 Å². The van der Waals surface area contributed by atoms with Crippen LogP contribution in [0.15, 0.2) is 53.5 Å². The highest BCUT2D eigenvalue weighted by Gasteiger charge is 2.20. The number of hydrogen-bond acceptors (Lipinski definition) is 7. The number of nitrogens with zero attached hydrogens (tertiary/aromatic N) is 2. The lowest BCUT2D eigenvalue weighted by Crippen LogP contribution is -2.31. The van der Waals surface area contributed by atoms with Gasteiger partial charge in [0, 0.05) is 54.4 Å². The van der Waals surface area contributed by atoms with Gasteiger partial charge in [0.1, 0.15) is 11.5 Å². The van der Waals surface area contributed by atoms with Gasteiger partial charge in [-0.15, -0.1) is 0 Å². The van der Waals surface area contributed by atoms with Crippen molar-refractivity contribution in [1.82, 2.24) is 9.58 Å². The first-order valence-corrected chi connectivity index (χ1v) is 10.7. The number of primary amides is 1. The Morgan fingerprint density at radius 2 is 1.71 bits per heavy atom. The third-order valence-electron chi connectivity index (χ3n) is 5.38. The number of benzene rings is 2. The first-order chi connectivity index (χ1) is 16.1. The van der Waals surface area contributed by atoms with Gasteiger partial charge < -0.3 is 32.9 Å². The molecule has 3 rings (SSSR count). The van der Waals surface area contributed by atoms with Crippen molar-refractivity contribution < 1.29 is 4.79 Å². The van der Waals surface area contributed by atoms with Crippen LogP contribution < -0.4 is 33.8 Å². The summed E-state index contributed by atoms with van der Waals surface area (Å²) in [6, 6.07) is 12.2. The van der Waals surface area contributed by atoms with E-state index < -0.39 is 5.91 Å². The Kier molecular flexibility index (Phi) is 7.22. The van der Waals surface area contributed by atoms with E-state index in [4.69, 9.17) is 28.3 Å². The quantitative estimate of drug-likeness (QED) is 0.120. The Balaban J connectivity index is 2.27. The molecule has 10 N–H and O–H groups in total. The van der Waals surface area contributed by atoms with E-state index in [-0.39, 0.29) is 23.2 Å². The Hall–Kier alpha value is -4.31. The summed E-state index contributed by atoms with van der Waals surface area (Å²) in [6.45, 7) is 2.94. The molecule has 0 spiro atoms. The molecule has 10 heteroatoms. The first kappa shape index (κ1) is 24.3. The van der Waals surface area contributed by atoms with Crippen LogP contribution in [0.25, 0.3) is 11.3 Å². The molecule has 0 radical (unpaired) electrons. The van der Waals surface area contributed by atoms with E-state index in [1.165, 1.54) is 0 Å². The average Bonchev–Trinajstić information content (AvgIpc) is 2.76. The zero-order valence-corrected chi connectivity index (χ0v) is 19.3. The van der Waals surface area contributed by atoms with Crippen molar-refractivity contribution in [2.45, 2.75) is 19.9 Å². The van der Waals surface area contributed by atoms with Crippen molar-refractivity contribution in [3.8, 4) is 11.3 Å². The topological polar surface area (TPSA) is 182 Å². The van der Waals surface area contributed by atoms with Crippen LogP contribution in [0.1, 0.15) is 23.6 Å². The van der Waals surface area contributed by atoms with Gasteiger partial charge in [0.2, 0.25) is 11.3 Å². The van der Waals surface area contributed by atoms with Crippen molar-refractivity contribution in [2.24, 2.45) is 11.5 Å². The maximum Gasteiger partial charge on any atom is 0.222 e. The second-order valence-electron chi connectivity index (χ2n) is 8.09. The first-order valence-electron chi connectivity index (χ1n) is 10.7. The lowest BCUT2D eigenvalue weighted by Gasteiger charge is -2.23. The third kappa shape index (κ3) is 5.54. The van der Waals surface area contributed by atoms with Gasteiger partial charge in [-0.2, -0.15) is 0 Å². The number of carbonyl (C=O) groups excluding carboxylic acids is 1. The Morgan fingerprint density at radius 3 is 2.24 bits per heavy atom. The predicted octanol–water partition coefficient (Wildman–Crippen LogP) is 1.32. The largest absolute Gasteiger partial charge is 0.399 e. The SMILES string of the molecule is CCN(C)Nc1cn(Cc2ccc(C(=N)N)cc2)c(-c2cc(N)cc(N)c2)c(CC(N)=O)c1=O. The molecule has 1 aromatic heterocycles. The van der Waals surface area contributed by atoms with E-state index in [0.717, 1.165) is 5.56 Å². The lowest BCUT2D eigenvalue weighted by atomic mass is 9.99. The van der Waals surface area contributed by atoms with Crippen LogP contribution in [0.2, 0.25) is 0 Å². The number of anilines is 3. The summed E-state index contributed by atoms with van der Waals surface area (Å²) in [6.07, 6.45) is 1.45. The number of hydrogen-bond donors (Lipinski definition) is 6. The number of hydrazine groups is 1. The highest BCUT2D eigenvalue weighted by atomic mass is 16.1. The van der Waals surface area contributed by atoms with Crippen LogP contribution in [0.3, 0.4) is 0 Å². The molecule has 0 atom stereocenters. The number of rotatable bonds is 9. The minimum Gasteiger partial charge on any atom is -0.399 e. The van der Waals surface area contributed by atoms with E-state index in [1.54, 1.807) is 41.5 Å². The number of nitrogen functional groups attached to an aromatic ring is 3. The van der Waals surface area contributed by atoms with Gasteiger partial charge in [-0.25, -0.2) is 5.01 Å². The molecular weight excluding hydrogens is 432 g/mol. The van der Waals surface area contributed by atoms with Crippen molar-refractivity contribution >= 4 is 28.8 Å². The van der Waals surface area contributed by atoms with Crippen molar-refractivity contribution in [3.05, 3.63) is 75.6 Å². The third-order valence-corrected chi connectivity index (χ3v) is 5.38. The second kappa shape index (κ2) is 10.1. The van der Waals surface area contributed by atoms with Gasteiger partial charge in [-0.1, -0.05) is 31.2 Å². The molecule has 3 aromatic rings. The normalized spacial score (nSPS) is 10.9. The van der Waals surface area contributed by atoms with E-state index in [1.807, 2.05) is 30.7 Å². The van der Waals surface area contributed by atoms with Crippen LogP contribution in [0.4, 0.5) is 17.1 Å². The van der Waals surface area contributed by atoms with E-state index >= 15 is 0 Å². The van der Waals surface area contributed by atoms with Crippen LogP contribution in [0.5, 0.6) is 0 Å². The Morgan fingerprint density at radius 1 is 1.09 bits per heavy atom. The summed E-state index contributed by atoms with van der Waals surface area (Å²) >= 11 is 0. The maximum absolute atomic E-state index is 13.4. The molecule has 34 heavy (non-hydrogen) atoms.